The molecule has 2 heterocycles. The van der Waals surface area contributed by atoms with Gasteiger partial charge in [0.25, 0.3) is 11.6 Å². The molecule has 0 radical (unpaired) electrons. The van der Waals surface area contributed by atoms with Gasteiger partial charge in [-0.1, -0.05) is 11.6 Å². The van der Waals surface area contributed by atoms with Gasteiger partial charge in [-0.2, -0.15) is 0 Å². The molecule has 126 valence electrons. The van der Waals surface area contributed by atoms with Crippen LogP contribution >= 0.6 is 11.6 Å². The number of hydrogen-bond acceptors (Lipinski definition) is 7. The van der Waals surface area contributed by atoms with Crippen LogP contribution in [-0.2, 0) is 0 Å². The van der Waals surface area contributed by atoms with E-state index in [0.29, 0.717) is 18.0 Å². The summed E-state index contributed by atoms with van der Waals surface area (Å²) in [4.78, 5) is 14.6. The van der Waals surface area contributed by atoms with Crippen molar-refractivity contribution in [1.82, 2.24) is 15.1 Å². The summed E-state index contributed by atoms with van der Waals surface area (Å²) in [5.41, 5.74) is 1.42. The Morgan fingerprint density at radius 1 is 1.29 bits per heavy atom. The Bertz CT molecular complexity index is 784. The fourth-order valence-electron chi connectivity index (χ4n) is 2.55. The van der Waals surface area contributed by atoms with Crippen molar-refractivity contribution in [3.05, 3.63) is 39.5 Å². The second kappa shape index (κ2) is 6.58. The molecule has 0 atom stereocenters. The maximum absolute atomic E-state index is 11.0. The Balaban J connectivity index is 1.99. The third kappa shape index (κ3) is 3.24. The lowest BCUT2D eigenvalue weighted by atomic mass is 10.2. The van der Waals surface area contributed by atoms with Crippen LogP contribution in [0.2, 0.25) is 5.15 Å². The summed E-state index contributed by atoms with van der Waals surface area (Å²) < 4.78 is 5.69. The largest absolute Gasteiger partial charge is 0.434 e. The van der Waals surface area contributed by atoms with Crippen LogP contribution in [0.15, 0.2) is 24.3 Å². The summed E-state index contributed by atoms with van der Waals surface area (Å²) in [6.45, 7) is 1.60. The Labute approximate surface area is 143 Å². The molecule has 0 aliphatic carbocycles. The van der Waals surface area contributed by atoms with Crippen LogP contribution in [0.25, 0.3) is 0 Å². The molecule has 0 spiro atoms. The minimum Gasteiger partial charge on any atom is -0.434 e. The lowest BCUT2D eigenvalue weighted by Crippen LogP contribution is -2.26. The Morgan fingerprint density at radius 2 is 2.08 bits per heavy atom. The molecule has 9 heteroatoms. The van der Waals surface area contributed by atoms with Gasteiger partial charge in [-0.25, -0.2) is 0 Å². The lowest BCUT2D eigenvalue weighted by Gasteiger charge is -2.31. The van der Waals surface area contributed by atoms with Crippen molar-refractivity contribution < 1.29 is 9.66 Å². The zero-order valence-electron chi connectivity index (χ0n) is 13.3. The number of nitrogens with zero attached hydrogens (tertiary/aromatic N) is 5. The Hall–Kier alpha value is -2.45. The first-order valence-corrected chi connectivity index (χ1v) is 7.75. The van der Waals surface area contributed by atoms with E-state index < -0.39 is 4.92 Å². The van der Waals surface area contributed by atoms with Crippen LogP contribution in [-0.4, -0.2) is 47.2 Å². The second-order valence-electron chi connectivity index (χ2n) is 5.68. The van der Waals surface area contributed by atoms with Crippen molar-refractivity contribution in [3.8, 4) is 11.6 Å². The highest BCUT2D eigenvalue weighted by atomic mass is 35.5. The number of anilines is 2. The molecule has 2 aromatic rings. The van der Waals surface area contributed by atoms with Gasteiger partial charge in [0.05, 0.1) is 16.7 Å². The molecular formula is C15H16ClN5O3. The summed E-state index contributed by atoms with van der Waals surface area (Å²) in [6, 6.07) is 6.22. The topological polar surface area (TPSA) is 84.6 Å². The second-order valence-corrected chi connectivity index (χ2v) is 6.06. The zero-order valence-corrected chi connectivity index (χ0v) is 14.0. The van der Waals surface area contributed by atoms with Crippen molar-refractivity contribution in [2.24, 2.45) is 0 Å². The third-order valence-electron chi connectivity index (χ3n) is 3.64. The standard InChI is InChI=1S/C15H16ClN5O3/c1-19(2)6-3-7-20-11-5-4-10(21(22)23)8-13(11)24-15-12(20)9-14(16)17-18-15/h4-5,8-9H,3,6-7H2,1-2H3. The maximum Gasteiger partial charge on any atom is 0.273 e. The number of halogens is 1. The summed E-state index contributed by atoms with van der Waals surface area (Å²) >= 11 is 5.97. The van der Waals surface area contributed by atoms with Crippen molar-refractivity contribution in [1.29, 1.82) is 0 Å². The van der Waals surface area contributed by atoms with Crippen LogP contribution in [0, 0.1) is 10.1 Å². The van der Waals surface area contributed by atoms with Crippen molar-refractivity contribution in [3.63, 3.8) is 0 Å². The average Bonchev–Trinajstić information content (AvgIpc) is 2.53. The highest BCUT2D eigenvalue weighted by Gasteiger charge is 2.28. The Kier molecular flexibility index (Phi) is 4.50. The molecule has 1 aromatic heterocycles. The number of hydrogen-bond donors (Lipinski definition) is 0. The number of rotatable bonds is 5. The smallest absolute Gasteiger partial charge is 0.273 e. The van der Waals surface area contributed by atoms with E-state index >= 15 is 0 Å². The van der Waals surface area contributed by atoms with Crippen molar-refractivity contribution in [2.45, 2.75) is 6.42 Å². The molecule has 0 bridgehead atoms. The van der Waals surface area contributed by atoms with E-state index in [-0.39, 0.29) is 16.7 Å². The maximum atomic E-state index is 11.0. The van der Waals surface area contributed by atoms with Gasteiger partial charge in [-0.15, -0.1) is 10.2 Å². The fourth-order valence-corrected chi connectivity index (χ4v) is 2.70. The highest BCUT2D eigenvalue weighted by Crippen LogP contribution is 2.46. The van der Waals surface area contributed by atoms with Crippen molar-refractivity contribution in [2.75, 3.05) is 32.1 Å². The van der Waals surface area contributed by atoms with Crippen LogP contribution < -0.4 is 9.64 Å². The van der Waals surface area contributed by atoms with Gasteiger partial charge in [0.2, 0.25) is 0 Å². The predicted octanol–water partition coefficient (Wildman–Crippen LogP) is 3.23. The normalized spacial score (nSPS) is 12.6. The zero-order chi connectivity index (χ0) is 17.3. The SMILES string of the molecule is CN(C)CCCN1c2ccc([N+](=O)[O-])cc2Oc2nnc(Cl)cc21. The van der Waals surface area contributed by atoms with E-state index in [0.717, 1.165) is 18.7 Å². The molecule has 0 N–H and O–H groups in total. The summed E-state index contributed by atoms with van der Waals surface area (Å²) in [5.74, 6) is 0.676. The van der Waals surface area contributed by atoms with Crippen molar-refractivity contribution >= 4 is 28.7 Å². The molecule has 1 aliphatic heterocycles. The number of fused-ring (bicyclic) bond motifs is 2. The summed E-state index contributed by atoms with van der Waals surface area (Å²) in [7, 11) is 4.01. The molecule has 1 aliphatic rings. The first kappa shape index (κ1) is 16.4. The third-order valence-corrected chi connectivity index (χ3v) is 3.83. The average molecular weight is 350 g/mol. The van der Waals surface area contributed by atoms with Gasteiger partial charge in [0.1, 0.15) is 5.69 Å². The minimum absolute atomic E-state index is 0.0348. The highest BCUT2D eigenvalue weighted by molar-refractivity contribution is 6.29. The van der Waals surface area contributed by atoms with Crippen LogP contribution in [0.5, 0.6) is 11.6 Å². The van der Waals surface area contributed by atoms with Crippen LogP contribution in [0.1, 0.15) is 6.42 Å². The van der Waals surface area contributed by atoms with E-state index in [2.05, 4.69) is 15.1 Å². The molecule has 1 aromatic carbocycles. The van der Waals surface area contributed by atoms with E-state index in [1.54, 1.807) is 12.1 Å². The van der Waals surface area contributed by atoms with Gasteiger partial charge in [-0.3, -0.25) is 10.1 Å². The van der Waals surface area contributed by atoms with E-state index in [4.69, 9.17) is 16.3 Å². The number of benzene rings is 1. The molecule has 24 heavy (non-hydrogen) atoms. The molecule has 0 saturated heterocycles. The number of aromatic nitrogens is 2. The first-order chi connectivity index (χ1) is 11.5. The van der Waals surface area contributed by atoms with E-state index in [1.165, 1.54) is 12.1 Å². The monoisotopic (exact) mass is 349 g/mol. The fraction of sp³-hybridized carbons (Fsp3) is 0.333. The number of non-ortho nitro benzene ring substituents is 1. The van der Waals surface area contributed by atoms with Gasteiger partial charge >= 0.3 is 0 Å². The molecule has 0 amide bonds. The van der Waals surface area contributed by atoms with Gasteiger partial charge in [-0.05, 0) is 33.1 Å². The van der Waals surface area contributed by atoms with Crippen LogP contribution in [0.3, 0.4) is 0 Å². The quantitative estimate of drug-likeness (QED) is 0.605. The minimum atomic E-state index is -0.455. The molecular weight excluding hydrogens is 334 g/mol. The predicted molar refractivity (Wildman–Crippen MR) is 90.4 cm³/mol. The molecule has 0 fully saturated rings. The lowest BCUT2D eigenvalue weighted by molar-refractivity contribution is -0.384. The number of ether oxygens (including phenoxy) is 1. The number of nitro groups is 1. The van der Waals surface area contributed by atoms with Gasteiger partial charge < -0.3 is 14.5 Å². The molecule has 8 nitrogen and oxygen atoms in total. The Morgan fingerprint density at radius 3 is 2.79 bits per heavy atom. The summed E-state index contributed by atoms with van der Waals surface area (Å²) in [6.07, 6.45) is 0.892. The number of nitro benzene ring substituents is 1. The van der Waals surface area contributed by atoms with Crippen LogP contribution in [0.4, 0.5) is 17.1 Å². The van der Waals surface area contributed by atoms with Gasteiger partial charge in [0.15, 0.2) is 10.9 Å². The summed E-state index contributed by atoms with van der Waals surface area (Å²) in [5, 5.41) is 19.0. The van der Waals surface area contributed by atoms with E-state index in [9.17, 15) is 10.1 Å². The van der Waals surface area contributed by atoms with E-state index in [1.807, 2.05) is 19.0 Å². The van der Waals surface area contributed by atoms with Gasteiger partial charge in [0, 0.05) is 18.7 Å². The first-order valence-electron chi connectivity index (χ1n) is 7.37. The molecule has 3 rings (SSSR count). The molecule has 0 saturated carbocycles. The molecule has 0 unspecified atom stereocenters.